The van der Waals surface area contributed by atoms with Crippen molar-refractivity contribution in [1.29, 1.82) is 0 Å². The van der Waals surface area contributed by atoms with Crippen molar-refractivity contribution < 1.29 is 9.90 Å². The third-order valence-corrected chi connectivity index (χ3v) is 4.17. The smallest absolute Gasteiger partial charge is 0.348 e. The van der Waals surface area contributed by atoms with Crippen molar-refractivity contribution in [3.8, 4) is 21.8 Å². The third kappa shape index (κ3) is 2.68. The molecule has 0 saturated heterocycles. The van der Waals surface area contributed by atoms with Crippen LogP contribution < -0.4 is 0 Å². The lowest BCUT2D eigenvalue weighted by Crippen LogP contribution is -1.95. The maximum atomic E-state index is 11.4. The van der Waals surface area contributed by atoms with Crippen molar-refractivity contribution in [1.82, 2.24) is 9.97 Å². The lowest BCUT2D eigenvalue weighted by molar-refractivity contribution is 0.0702. The molecule has 0 radical (unpaired) electrons. The molecule has 0 spiro atoms. The molecule has 1 aromatic carbocycles. The lowest BCUT2D eigenvalue weighted by Gasteiger charge is -1.98. The van der Waals surface area contributed by atoms with E-state index in [9.17, 15) is 9.90 Å². The molecule has 0 aliphatic rings. The number of aromatic nitrogens is 2. The van der Waals surface area contributed by atoms with Gasteiger partial charge in [0.1, 0.15) is 9.88 Å². The fourth-order valence-electron chi connectivity index (χ4n) is 1.99. The Balaban J connectivity index is 2.13. The molecule has 0 atom stereocenters. The Morgan fingerprint density at radius 1 is 1.05 bits per heavy atom. The van der Waals surface area contributed by atoms with E-state index in [2.05, 4.69) is 9.97 Å². The molecule has 0 aliphatic heterocycles. The zero-order valence-electron chi connectivity index (χ0n) is 11.3. The predicted molar refractivity (Wildman–Crippen MR) is 82.5 cm³/mol. The van der Waals surface area contributed by atoms with Crippen molar-refractivity contribution in [3.63, 3.8) is 0 Å². The van der Waals surface area contributed by atoms with Crippen LogP contribution in [0.15, 0.2) is 48.8 Å². The van der Waals surface area contributed by atoms with Gasteiger partial charge in [-0.3, -0.25) is 4.98 Å². The van der Waals surface area contributed by atoms with Crippen molar-refractivity contribution in [3.05, 3.63) is 59.2 Å². The third-order valence-electron chi connectivity index (χ3n) is 3.07. The Labute approximate surface area is 125 Å². The number of rotatable bonds is 3. The predicted octanol–water partition coefficient (Wildman–Crippen LogP) is 3.88. The molecule has 1 N–H and O–H groups in total. The van der Waals surface area contributed by atoms with Gasteiger partial charge in [0.25, 0.3) is 0 Å². The van der Waals surface area contributed by atoms with E-state index in [0.717, 1.165) is 16.7 Å². The van der Waals surface area contributed by atoms with Crippen LogP contribution in [0.3, 0.4) is 0 Å². The van der Waals surface area contributed by atoms with Crippen molar-refractivity contribution in [2.75, 3.05) is 0 Å². The standard InChI is InChI=1S/C16H12N2O2S/c1-10-2-4-12(5-3-10)15-18-13(14(21-15)16(19)20)11-6-8-17-9-7-11/h2-9H,1H3,(H,19,20). The Morgan fingerprint density at radius 3 is 2.33 bits per heavy atom. The summed E-state index contributed by atoms with van der Waals surface area (Å²) in [5.74, 6) is -0.960. The average Bonchev–Trinajstić information content (AvgIpc) is 2.94. The highest BCUT2D eigenvalue weighted by Crippen LogP contribution is 2.33. The number of thiazole rings is 1. The van der Waals surface area contributed by atoms with E-state index < -0.39 is 5.97 Å². The molecular formula is C16H12N2O2S. The second kappa shape index (κ2) is 5.46. The molecule has 0 saturated carbocycles. The Hall–Kier alpha value is -2.53. The first kappa shape index (κ1) is 13.5. The van der Waals surface area contributed by atoms with E-state index >= 15 is 0 Å². The minimum Gasteiger partial charge on any atom is -0.477 e. The molecule has 21 heavy (non-hydrogen) atoms. The van der Waals surface area contributed by atoms with Gasteiger partial charge in [-0.05, 0) is 19.1 Å². The van der Waals surface area contributed by atoms with Gasteiger partial charge in [-0.1, -0.05) is 29.8 Å². The first-order chi connectivity index (χ1) is 10.1. The van der Waals surface area contributed by atoms with Crippen LogP contribution in [-0.4, -0.2) is 21.0 Å². The van der Waals surface area contributed by atoms with Gasteiger partial charge in [-0.25, -0.2) is 9.78 Å². The normalized spacial score (nSPS) is 10.5. The highest BCUT2D eigenvalue weighted by molar-refractivity contribution is 7.17. The average molecular weight is 296 g/mol. The largest absolute Gasteiger partial charge is 0.477 e. The summed E-state index contributed by atoms with van der Waals surface area (Å²) >= 11 is 1.19. The van der Waals surface area contributed by atoms with Gasteiger partial charge in [0.05, 0.1) is 5.69 Å². The summed E-state index contributed by atoms with van der Waals surface area (Å²) in [6.07, 6.45) is 3.26. The maximum Gasteiger partial charge on any atom is 0.348 e. The second-order valence-electron chi connectivity index (χ2n) is 4.60. The van der Waals surface area contributed by atoms with Crippen LogP contribution in [0.2, 0.25) is 0 Å². The van der Waals surface area contributed by atoms with Crippen molar-refractivity contribution in [2.24, 2.45) is 0 Å². The first-order valence-corrected chi connectivity index (χ1v) is 7.18. The van der Waals surface area contributed by atoms with Gasteiger partial charge in [0, 0.05) is 23.5 Å². The van der Waals surface area contributed by atoms with E-state index in [1.54, 1.807) is 24.5 Å². The van der Waals surface area contributed by atoms with Crippen LogP contribution in [0, 0.1) is 6.92 Å². The Bertz CT molecular complexity index is 780. The summed E-state index contributed by atoms with van der Waals surface area (Å²) in [4.78, 5) is 20.2. The van der Waals surface area contributed by atoms with E-state index in [-0.39, 0.29) is 4.88 Å². The van der Waals surface area contributed by atoms with E-state index in [0.29, 0.717) is 10.7 Å². The summed E-state index contributed by atoms with van der Waals surface area (Å²) in [6.45, 7) is 2.01. The second-order valence-corrected chi connectivity index (χ2v) is 5.60. The van der Waals surface area contributed by atoms with Crippen molar-refractivity contribution in [2.45, 2.75) is 6.92 Å². The highest BCUT2D eigenvalue weighted by atomic mass is 32.1. The fraction of sp³-hybridized carbons (Fsp3) is 0.0625. The zero-order valence-corrected chi connectivity index (χ0v) is 12.1. The number of hydrogen-bond donors (Lipinski definition) is 1. The quantitative estimate of drug-likeness (QED) is 0.796. The number of carboxylic acid groups (broad SMARTS) is 1. The van der Waals surface area contributed by atoms with E-state index in [4.69, 9.17) is 0 Å². The number of nitrogens with zero attached hydrogens (tertiary/aromatic N) is 2. The Morgan fingerprint density at radius 2 is 1.71 bits per heavy atom. The molecular weight excluding hydrogens is 284 g/mol. The molecule has 0 bridgehead atoms. The molecule has 3 aromatic rings. The van der Waals surface area contributed by atoms with Crippen LogP contribution in [0.25, 0.3) is 21.8 Å². The number of carbonyl (C=O) groups is 1. The molecule has 5 heteroatoms. The zero-order chi connectivity index (χ0) is 14.8. The molecule has 2 heterocycles. The number of carboxylic acids is 1. The molecule has 0 aliphatic carbocycles. The summed E-state index contributed by atoms with van der Waals surface area (Å²) in [5, 5.41) is 10.1. The molecule has 2 aromatic heterocycles. The Kier molecular flexibility index (Phi) is 3.50. The van der Waals surface area contributed by atoms with Crippen LogP contribution in [0.4, 0.5) is 0 Å². The molecule has 3 rings (SSSR count). The van der Waals surface area contributed by atoms with Crippen LogP contribution in [0.5, 0.6) is 0 Å². The molecule has 104 valence electrons. The molecule has 4 nitrogen and oxygen atoms in total. The van der Waals surface area contributed by atoms with Gasteiger partial charge in [-0.15, -0.1) is 11.3 Å². The van der Waals surface area contributed by atoms with E-state index in [1.165, 1.54) is 11.3 Å². The number of aryl methyl sites for hydroxylation is 1. The summed E-state index contributed by atoms with van der Waals surface area (Å²) < 4.78 is 0. The first-order valence-electron chi connectivity index (χ1n) is 6.36. The SMILES string of the molecule is Cc1ccc(-c2nc(-c3ccncc3)c(C(=O)O)s2)cc1. The minimum atomic E-state index is -0.960. The lowest BCUT2D eigenvalue weighted by atomic mass is 10.1. The minimum absolute atomic E-state index is 0.247. The molecule has 0 unspecified atom stereocenters. The molecule has 0 fully saturated rings. The maximum absolute atomic E-state index is 11.4. The number of benzene rings is 1. The number of aromatic carboxylic acids is 1. The van der Waals surface area contributed by atoms with Gasteiger partial charge < -0.3 is 5.11 Å². The van der Waals surface area contributed by atoms with Crippen LogP contribution in [0.1, 0.15) is 15.2 Å². The van der Waals surface area contributed by atoms with Gasteiger partial charge >= 0.3 is 5.97 Å². The van der Waals surface area contributed by atoms with Gasteiger partial charge in [0.15, 0.2) is 0 Å². The monoisotopic (exact) mass is 296 g/mol. The van der Waals surface area contributed by atoms with Gasteiger partial charge in [-0.2, -0.15) is 0 Å². The summed E-state index contributed by atoms with van der Waals surface area (Å²) in [6, 6.07) is 11.4. The van der Waals surface area contributed by atoms with Gasteiger partial charge in [0.2, 0.25) is 0 Å². The summed E-state index contributed by atoms with van der Waals surface area (Å²) in [5.41, 5.74) is 3.33. The summed E-state index contributed by atoms with van der Waals surface area (Å²) in [7, 11) is 0. The van der Waals surface area contributed by atoms with Crippen LogP contribution in [-0.2, 0) is 0 Å². The number of pyridine rings is 1. The van der Waals surface area contributed by atoms with Crippen LogP contribution >= 0.6 is 11.3 Å². The fourth-order valence-corrected chi connectivity index (χ4v) is 2.92. The van der Waals surface area contributed by atoms with Crippen molar-refractivity contribution >= 4 is 17.3 Å². The highest BCUT2D eigenvalue weighted by Gasteiger charge is 2.19. The topological polar surface area (TPSA) is 63.1 Å². The number of hydrogen-bond acceptors (Lipinski definition) is 4. The van der Waals surface area contributed by atoms with E-state index in [1.807, 2.05) is 31.2 Å². The molecule has 0 amide bonds.